The lowest BCUT2D eigenvalue weighted by Crippen LogP contribution is -2.50. The van der Waals surface area contributed by atoms with Crippen LogP contribution in [0.25, 0.3) is 6.08 Å². The number of ketones is 1. The van der Waals surface area contributed by atoms with Crippen LogP contribution in [-0.2, 0) is 14.3 Å². The zero-order chi connectivity index (χ0) is 29.0. The third kappa shape index (κ3) is 6.37. The standard InChI is InChI=1S/C37H52O4/c1-5-6-7-8-9-10-11-22-40-30-15-12-27(13-16-30)23-28-24-34-32-17-14-29-25-31(41-26(2)38)18-20-36(29,3)33(32)19-21-37(34,4)35(28)39/h12-16,23,31-34H,5-11,17-22,24-25H2,1-4H3/b28-23+/t31-,32+,33-,34-,36+,37-/m1/s1. The van der Waals surface area contributed by atoms with Crippen LogP contribution in [0.4, 0.5) is 0 Å². The maximum absolute atomic E-state index is 13.8. The van der Waals surface area contributed by atoms with Gasteiger partial charge in [0, 0.05) is 18.8 Å². The first-order chi connectivity index (χ1) is 19.7. The number of ether oxygens (including phenoxy) is 2. The predicted octanol–water partition coefficient (Wildman–Crippen LogP) is 9.27. The molecule has 6 atom stereocenters. The average molecular weight is 561 g/mol. The number of hydrogen-bond acceptors (Lipinski definition) is 4. The van der Waals surface area contributed by atoms with Crippen molar-refractivity contribution in [1.82, 2.24) is 0 Å². The molecule has 0 aliphatic heterocycles. The summed E-state index contributed by atoms with van der Waals surface area (Å²) in [4.78, 5) is 25.4. The summed E-state index contributed by atoms with van der Waals surface area (Å²) < 4.78 is 11.6. The minimum atomic E-state index is -0.247. The van der Waals surface area contributed by atoms with Crippen molar-refractivity contribution in [3.8, 4) is 5.75 Å². The van der Waals surface area contributed by atoms with E-state index >= 15 is 0 Å². The summed E-state index contributed by atoms with van der Waals surface area (Å²) in [5.41, 5.74) is 3.52. The van der Waals surface area contributed by atoms with E-state index in [-0.39, 0.29) is 22.9 Å². The van der Waals surface area contributed by atoms with Gasteiger partial charge in [0.05, 0.1) is 6.61 Å². The molecule has 0 heterocycles. The molecule has 0 radical (unpaired) electrons. The van der Waals surface area contributed by atoms with Crippen LogP contribution >= 0.6 is 0 Å². The van der Waals surface area contributed by atoms with Crippen LogP contribution in [0.15, 0.2) is 41.5 Å². The first-order valence-corrected chi connectivity index (χ1v) is 16.6. The topological polar surface area (TPSA) is 52.6 Å². The molecule has 4 aliphatic carbocycles. The van der Waals surface area contributed by atoms with Gasteiger partial charge >= 0.3 is 5.97 Å². The second-order valence-corrected chi connectivity index (χ2v) is 13.9. The quantitative estimate of drug-likeness (QED) is 0.117. The molecule has 1 aromatic carbocycles. The Bertz CT molecular complexity index is 1150. The number of benzene rings is 1. The first kappa shape index (κ1) is 30.1. The highest BCUT2D eigenvalue weighted by molar-refractivity contribution is 6.06. The van der Waals surface area contributed by atoms with Gasteiger partial charge < -0.3 is 9.47 Å². The lowest BCUT2D eigenvalue weighted by Gasteiger charge is -2.56. The number of fused-ring (bicyclic) bond motifs is 5. The smallest absolute Gasteiger partial charge is 0.302 e. The van der Waals surface area contributed by atoms with Crippen molar-refractivity contribution < 1.29 is 19.1 Å². The highest BCUT2D eigenvalue weighted by atomic mass is 16.5. The first-order valence-electron chi connectivity index (χ1n) is 16.6. The van der Waals surface area contributed by atoms with E-state index in [4.69, 9.17) is 9.47 Å². The van der Waals surface area contributed by atoms with E-state index < -0.39 is 0 Å². The number of carbonyl (C=O) groups is 2. The Morgan fingerprint density at radius 3 is 2.37 bits per heavy atom. The van der Waals surface area contributed by atoms with Crippen LogP contribution in [0.3, 0.4) is 0 Å². The Balaban J connectivity index is 1.20. The van der Waals surface area contributed by atoms with Gasteiger partial charge in [0.1, 0.15) is 11.9 Å². The minimum Gasteiger partial charge on any atom is -0.494 e. The summed E-state index contributed by atoms with van der Waals surface area (Å²) in [7, 11) is 0. The van der Waals surface area contributed by atoms with Gasteiger partial charge in [0.2, 0.25) is 0 Å². The van der Waals surface area contributed by atoms with Crippen LogP contribution in [-0.4, -0.2) is 24.5 Å². The molecule has 0 amide bonds. The molecular weight excluding hydrogens is 508 g/mol. The molecule has 0 N–H and O–H groups in total. The summed E-state index contributed by atoms with van der Waals surface area (Å²) in [6, 6.07) is 8.31. The number of esters is 1. The number of carbonyl (C=O) groups excluding carboxylic acids is 2. The fourth-order valence-electron chi connectivity index (χ4n) is 8.87. The van der Waals surface area contributed by atoms with Gasteiger partial charge in [0.15, 0.2) is 5.78 Å². The molecule has 4 aliphatic rings. The van der Waals surface area contributed by atoms with E-state index in [0.29, 0.717) is 23.5 Å². The van der Waals surface area contributed by atoms with Crippen LogP contribution in [0.2, 0.25) is 0 Å². The van der Waals surface area contributed by atoms with E-state index in [1.165, 1.54) is 51.0 Å². The van der Waals surface area contributed by atoms with E-state index in [1.54, 1.807) is 0 Å². The molecule has 41 heavy (non-hydrogen) atoms. The second-order valence-electron chi connectivity index (χ2n) is 13.9. The molecule has 3 saturated carbocycles. The summed E-state index contributed by atoms with van der Waals surface area (Å²) in [5, 5.41) is 0. The van der Waals surface area contributed by atoms with E-state index in [2.05, 4.69) is 57.2 Å². The summed E-state index contributed by atoms with van der Waals surface area (Å²) >= 11 is 0. The molecule has 4 nitrogen and oxygen atoms in total. The highest BCUT2D eigenvalue weighted by Crippen LogP contribution is 2.64. The Labute approximate surface area is 248 Å². The third-order valence-corrected chi connectivity index (χ3v) is 11.3. The number of Topliss-reactive ketones (excluding diaryl/α,β-unsaturated/α-hetero) is 1. The Kier molecular flexibility index (Phi) is 9.46. The van der Waals surface area contributed by atoms with Crippen LogP contribution in [0.1, 0.15) is 123 Å². The SMILES string of the molecule is CCCCCCCCCOc1ccc(/C=C2\C[C@@H]3[C@H]4CC=C5C[C@H](OC(C)=O)CC[C@]5(C)[C@@H]4CC[C@@]3(C)C2=O)cc1. The largest absolute Gasteiger partial charge is 0.494 e. The molecule has 0 spiro atoms. The molecule has 4 heteroatoms. The predicted molar refractivity (Wildman–Crippen MR) is 166 cm³/mol. The van der Waals surface area contributed by atoms with Gasteiger partial charge in [-0.05, 0) is 97.5 Å². The minimum absolute atomic E-state index is 0.0249. The summed E-state index contributed by atoms with van der Waals surface area (Å²) in [6.07, 6.45) is 20.6. The lowest BCUT2D eigenvalue weighted by atomic mass is 9.48. The van der Waals surface area contributed by atoms with Crippen molar-refractivity contribution in [3.63, 3.8) is 0 Å². The molecular formula is C37H52O4. The van der Waals surface area contributed by atoms with Gasteiger partial charge in [-0.25, -0.2) is 0 Å². The number of unbranched alkanes of at least 4 members (excludes halogenated alkanes) is 6. The Hall–Kier alpha value is -2.36. The average Bonchev–Trinajstić information content (AvgIpc) is 3.20. The zero-order valence-corrected chi connectivity index (χ0v) is 26.0. The van der Waals surface area contributed by atoms with Crippen molar-refractivity contribution in [2.45, 2.75) is 124 Å². The van der Waals surface area contributed by atoms with Crippen LogP contribution in [0.5, 0.6) is 5.75 Å². The monoisotopic (exact) mass is 560 g/mol. The lowest BCUT2D eigenvalue weighted by molar-refractivity contribution is -0.148. The van der Waals surface area contributed by atoms with Gasteiger partial charge in [-0.1, -0.05) is 83.1 Å². The van der Waals surface area contributed by atoms with Gasteiger partial charge in [-0.15, -0.1) is 0 Å². The molecule has 0 saturated heterocycles. The normalized spacial score (nSPS) is 33.5. The molecule has 1 aromatic rings. The summed E-state index contributed by atoms with van der Waals surface area (Å²) in [6.45, 7) is 9.25. The summed E-state index contributed by atoms with van der Waals surface area (Å²) in [5.74, 6) is 2.68. The van der Waals surface area contributed by atoms with Gasteiger partial charge in [-0.3, -0.25) is 9.59 Å². The maximum atomic E-state index is 13.8. The van der Waals surface area contributed by atoms with E-state index in [0.717, 1.165) is 74.9 Å². The van der Waals surface area contributed by atoms with Crippen molar-refractivity contribution in [2.24, 2.45) is 28.6 Å². The molecule has 224 valence electrons. The third-order valence-electron chi connectivity index (χ3n) is 11.3. The fourth-order valence-corrected chi connectivity index (χ4v) is 8.87. The molecule has 0 unspecified atom stereocenters. The Morgan fingerprint density at radius 2 is 1.63 bits per heavy atom. The van der Waals surface area contributed by atoms with Crippen molar-refractivity contribution in [1.29, 1.82) is 0 Å². The van der Waals surface area contributed by atoms with Crippen molar-refractivity contribution >= 4 is 17.8 Å². The number of hydrogen-bond donors (Lipinski definition) is 0. The molecule has 3 fully saturated rings. The molecule has 0 aromatic heterocycles. The maximum Gasteiger partial charge on any atom is 0.302 e. The van der Waals surface area contributed by atoms with Gasteiger partial charge in [0.25, 0.3) is 0 Å². The van der Waals surface area contributed by atoms with E-state index in [9.17, 15) is 9.59 Å². The van der Waals surface area contributed by atoms with Gasteiger partial charge in [-0.2, -0.15) is 0 Å². The highest BCUT2D eigenvalue weighted by Gasteiger charge is 2.60. The van der Waals surface area contributed by atoms with Crippen LogP contribution < -0.4 is 4.74 Å². The second kappa shape index (κ2) is 12.9. The Morgan fingerprint density at radius 1 is 0.927 bits per heavy atom. The van der Waals surface area contributed by atoms with E-state index in [1.807, 2.05) is 0 Å². The van der Waals surface area contributed by atoms with Crippen LogP contribution in [0, 0.1) is 28.6 Å². The zero-order valence-electron chi connectivity index (χ0n) is 26.0. The number of allylic oxidation sites excluding steroid dienone is 2. The number of rotatable bonds is 11. The fraction of sp³-hybridized carbons (Fsp3) is 0.676. The molecule has 5 rings (SSSR count). The molecule has 0 bridgehead atoms. The van der Waals surface area contributed by atoms with Crippen molar-refractivity contribution in [3.05, 3.63) is 47.1 Å². The van der Waals surface area contributed by atoms with Crippen molar-refractivity contribution in [2.75, 3.05) is 6.61 Å².